The van der Waals surface area contributed by atoms with Gasteiger partial charge in [0, 0.05) is 6.07 Å². The number of nitrogens with zero attached hydrogens (tertiary/aromatic N) is 2. The third-order valence-corrected chi connectivity index (χ3v) is 4.52. The number of hydrogen-bond acceptors (Lipinski definition) is 5. The number of thiazole rings is 1. The number of aromatic nitrogens is 1. The molecule has 1 aromatic carbocycles. The first kappa shape index (κ1) is 10.4. The van der Waals surface area contributed by atoms with Gasteiger partial charge in [-0.1, -0.05) is 23.5 Å². The Bertz CT molecular complexity index is 669. The van der Waals surface area contributed by atoms with Gasteiger partial charge in [-0.3, -0.25) is 10.1 Å². The lowest BCUT2D eigenvalue weighted by Gasteiger charge is -1.84. The monoisotopic (exact) mass is 262 g/mol. The summed E-state index contributed by atoms with van der Waals surface area (Å²) in [6, 6.07) is 11.1. The number of benzene rings is 1. The Morgan fingerprint density at radius 3 is 2.65 bits per heavy atom. The number of fused-ring (bicyclic) bond motifs is 1. The summed E-state index contributed by atoms with van der Waals surface area (Å²) in [4.78, 5) is 15.6. The van der Waals surface area contributed by atoms with Crippen LogP contribution in [0.15, 0.2) is 36.4 Å². The zero-order valence-electron chi connectivity index (χ0n) is 8.49. The lowest BCUT2D eigenvalue weighted by Crippen LogP contribution is -1.80. The molecule has 0 radical (unpaired) electrons. The summed E-state index contributed by atoms with van der Waals surface area (Å²) < 4.78 is 1.10. The predicted molar refractivity (Wildman–Crippen MR) is 69.6 cm³/mol. The topological polar surface area (TPSA) is 56.0 Å². The number of para-hydroxylation sites is 1. The summed E-state index contributed by atoms with van der Waals surface area (Å²) >= 11 is 2.71. The number of thiophene rings is 1. The van der Waals surface area contributed by atoms with Crippen LogP contribution in [0.5, 0.6) is 0 Å². The third kappa shape index (κ3) is 1.81. The van der Waals surface area contributed by atoms with Crippen molar-refractivity contribution in [3.05, 3.63) is 46.5 Å². The van der Waals surface area contributed by atoms with Crippen LogP contribution in [-0.4, -0.2) is 9.91 Å². The smallest absolute Gasteiger partial charge is 0.258 e. The van der Waals surface area contributed by atoms with E-state index in [9.17, 15) is 10.1 Å². The van der Waals surface area contributed by atoms with Crippen LogP contribution in [0, 0.1) is 10.1 Å². The average Bonchev–Trinajstić information content (AvgIpc) is 2.95. The van der Waals surface area contributed by atoms with E-state index in [2.05, 4.69) is 4.98 Å². The molecule has 0 atom stereocenters. The van der Waals surface area contributed by atoms with Crippen LogP contribution in [0.25, 0.3) is 20.1 Å². The van der Waals surface area contributed by atoms with Crippen molar-refractivity contribution in [2.45, 2.75) is 0 Å². The van der Waals surface area contributed by atoms with Crippen LogP contribution in [0.2, 0.25) is 0 Å². The lowest BCUT2D eigenvalue weighted by atomic mass is 10.3. The van der Waals surface area contributed by atoms with Crippen molar-refractivity contribution in [3.63, 3.8) is 0 Å². The molecule has 17 heavy (non-hydrogen) atoms. The van der Waals surface area contributed by atoms with Gasteiger partial charge in [0.05, 0.1) is 20.0 Å². The molecule has 2 heterocycles. The molecule has 2 aromatic heterocycles. The first-order chi connectivity index (χ1) is 8.24. The second kappa shape index (κ2) is 3.90. The molecule has 84 valence electrons. The first-order valence-electron chi connectivity index (χ1n) is 4.84. The minimum absolute atomic E-state index is 0.152. The normalized spacial score (nSPS) is 10.8. The van der Waals surface area contributed by atoms with E-state index in [1.165, 1.54) is 6.07 Å². The molecular weight excluding hydrogens is 256 g/mol. The second-order valence-electron chi connectivity index (χ2n) is 3.38. The average molecular weight is 262 g/mol. The number of rotatable bonds is 2. The van der Waals surface area contributed by atoms with Gasteiger partial charge in [-0.2, -0.15) is 0 Å². The van der Waals surface area contributed by atoms with E-state index >= 15 is 0 Å². The standard InChI is InChI=1S/C11H6N2O2S2/c14-13(15)10-6-5-9(16-10)11-12-7-3-1-2-4-8(7)17-11/h1-6H. The lowest BCUT2D eigenvalue weighted by molar-refractivity contribution is -0.380. The molecule has 6 heteroatoms. The Kier molecular flexibility index (Phi) is 2.38. The Hall–Kier alpha value is -1.79. The molecule has 0 saturated heterocycles. The van der Waals surface area contributed by atoms with Crippen LogP contribution < -0.4 is 0 Å². The van der Waals surface area contributed by atoms with Crippen LogP contribution in [-0.2, 0) is 0 Å². The van der Waals surface area contributed by atoms with Gasteiger partial charge >= 0.3 is 5.00 Å². The van der Waals surface area contributed by atoms with Crippen LogP contribution in [0.1, 0.15) is 0 Å². The predicted octanol–water partition coefficient (Wildman–Crippen LogP) is 3.93. The highest BCUT2D eigenvalue weighted by Crippen LogP contribution is 2.36. The third-order valence-electron chi connectivity index (χ3n) is 2.28. The quantitative estimate of drug-likeness (QED) is 0.519. The summed E-state index contributed by atoms with van der Waals surface area (Å²) in [5.41, 5.74) is 0.934. The second-order valence-corrected chi connectivity index (χ2v) is 5.47. The summed E-state index contributed by atoms with van der Waals surface area (Å²) in [5, 5.41) is 11.6. The van der Waals surface area contributed by atoms with Gasteiger partial charge in [-0.25, -0.2) is 4.98 Å². The maximum absolute atomic E-state index is 10.6. The van der Waals surface area contributed by atoms with Gasteiger partial charge in [0.2, 0.25) is 0 Å². The fraction of sp³-hybridized carbons (Fsp3) is 0. The summed E-state index contributed by atoms with van der Waals surface area (Å²) in [5.74, 6) is 0. The van der Waals surface area contributed by atoms with E-state index in [-0.39, 0.29) is 9.92 Å². The van der Waals surface area contributed by atoms with Crippen molar-refractivity contribution < 1.29 is 4.92 Å². The highest BCUT2D eigenvalue weighted by molar-refractivity contribution is 7.26. The molecule has 0 N–H and O–H groups in total. The molecule has 0 unspecified atom stereocenters. The van der Waals surface area contributed by atoms with Crippen molar-refractivity contribution >= 4 is 37.9 Å². The summed E-state index contributed by atoms with van der Waals surface area (Å²) in [6.45, 7) is 0. The fourth-order valence-corrected chi connectivity index (χ4v) is 3.36. The molecule has 0 fully saturated rings. The molecule has 3 rings (SSSR count). The fourth-order valence-electron chi connectivity index (χ4n) is 1.52. The molecule has 0 amide bonds. The number of nitro groups is 1. The van der Waals surface area contributed by atoms with Crippen LogP contribution >= 0.6 is 22.7 Å². The minimum Gasteiger partial charge on any atom is -0.258 e. The van der Waals surface area contributed by atoms with E-state index in [4.69, 9.17) is 0 Å². The minimum atomic E-state index is -0.374. The van der Waals surface area contributed by atoms with Crippen molar-refractivity contribution in [1.29, 1.82) is 0 Å². The SMILES string of the molecule is O=[N+]([O-])c1ccc(-c2nc3ccccc3s2)s1. The van der Waals surface area contributed by atoms with Gasteiger partial charge in [-0.05, 0) is 18.2 Å². The van der Waals surface area contributed by atoms with Gasteiger partial charge < -0.3 is 0 Å². The Morgan fingerprint density at radius 2 is 1.94 bits per heavy atom. The highest BCUT2D eigenvalue weighted by Gasteiger charge is 2.13. The van der Waals surface area contributed by atoms with E-state index < -0.39 is 0 Å². The van der Waals surface area contributed by atoms with Gasteiger partial charge in [0.15, 0.2) is 0 Å². The molecule has 0 aliphatic heterocycles. The molecule has 0 aliphatic rings. The van der Waals surface area contributed by atoms with E-state index in [0.29, 0.717) is 0 Å². The first-order valence-corrected chi connectivity index (χ1v) is 6.47. The Labute approximate surface area is 104 Å². The zero-order chi connectivity index (χ0) is 11.8. The van der Waals surface area contributed by atoms with Gasteiger partial charge in [0.1, 0.15) is 5.01 Å². The van der Waals surface area contributed by atoms with Crippen LogP contribution in [0.4, 0.5) is 5.00 Å². The van der Waals surface area contributed by atoms with Gasteiger partial charge in [-0.15, -0.1) is 11.3 Å². The molecule has 0 saturated carbocycles. The van der Waals surface area contributed by atoms with E-state index in [1.54, 1.807) is 17.4 Å². The molecule has 0 aliphatic carbocycles. The van der Waals surface area contributed by atoms with Crippen molar-refractivity contribution in [2.24, 2.45) is 0 Å². The molecule has 0 spiro atoms. The molecular formula is C11H6N2O2S2. The number of hydrogen-bond donors (Lipinski definition) is 0. The molecule has 4 nitrogen and oxygen atoms in total. The maximum Gasteiger partial charge on any atom is 0.324 e. The maximum atomic E-state index is 10.6. The van der Waals surface area contributed by atoms with Crippen LogP contribution in [0.3, 0.4) is 0 Å². The van der Waals surface area contributed by atoms with Crippen molar-refractivity contribution in [1.82, 2.24) is 4.98 Å². The molecule has 0 bridgehead atoms. The Balaban J connectivity index is 2.10. The Morgan fingerprint density at radius 1 is 1.12 bits per heavy atom. The van der Waals surface area contributed by atoms with Crippen molar-refractivity contribution in [3.8, 4) is 9.88 Å². The van der Waals surface area contributed by atoms with E-state index in [1.807, 2.05) is 24.3 Å². The van der Waals surface area contributed by atoms with E-state index in [0.717, 1.165) is 31.4 Å². The summed E-state index contributed by atoms with van der Waals surface area (Å²) in [7, 11) is 0. The zero-order valence-corrected chi connectivity index (χ0v) is 10.1. The van der Waals surface area contributed by atoms with Crippen molar-refractivity contribution in [2.75, 3.05) is 0 Å². The molecule has 3 aromatic rings. The summed E-state index contributed by atoms with van der Waals surface area (Å²) in [6.07, 6.45) is 0. The van der Waals surface area contributed by atoms with Gasteiger partial charge in [0.25, 0.3) is 0 Å². The largest absolute Gasteiger partial charge is 0.324 e. The highest BCUT2D eigenvalue weighted by atomic mass is 32.1.